The van der Waals surface area contributed by atoms with Crippen molar-refractivity contribution in [3.8, 4) is 5.88 Å². The molecule has 3 rings (SSSR count). The quantitative estimate of drug-likeness (QED) is 0.722. The van der Waals surface area contributed by atoms with Crippen molar-refractivity contribution in [1.82, 2.24) is 4.98 Å². The molecule has 2 aromatic rings. The lowest BCUT2D eigenvalue weighted by Crippen LogP contribution is -2.38. The van der Waals surface area contributed by atoms with Gasteiger partial charge in [0.15, 0.2) is 0 Å². The van der Waals surface area contributed by atoms with Crippen LogP contribution in [0.3, 0.4) is 0 Å². The summed E-state index contributed by atoms with van der Waals surface area (Å²) in [6, 6.07) is 12.4. The largest absolute Gasteiger partial charge is 0.471 e. The van der Waals surface area contributed by atoms with Crippen molar-refractivity contribution in [3.63, 3.8) is 0 Å². The van der Waals surface area contributed by atoms with E-state index in [0.29, 0.717) is 0 Å². The second-order valence-corrected chi connectivity index (χ2v) is 6.29. The van der Waals surface area contributed by atoms with E-state index in [1.807, 2.05) is 12.1 Å². The van der Waals surface area contributed by atoms with E-state index in [1.54, 1.807) is 0 Å². The minimum Gasteiger partial charge on any atom is -0.471 e. The molecule has 1 aliphatic rings. The number of ether oxygens (including phenoxy) is 1. The van der Waals surface area contributed by atoms with Gasteiger partial charge in [0, 0.05) is 11.5 Å². The van der Waals surface area contributed by atoms with Crippen LogP contribution in [-0.4, -0.2) is 10.6 Å². The minimum atomic E-state index is 0.0315. The van der Waals surface area contributed by atoms with E-state index in [4.69, 9.17) is 9.72 Å². The fourth-order valence-corrected chi connectivity index (χ4v) is 3.42. The molecule has 112 valence electrons. The van der Waals surface area contributed by atoms with Crippen LogP contribution in [0.15, 0.2) is 36.4 Å². The fourth-order valence-electron chi connectivity index (χ4n) is 3.42. The molecule has 0 atom stereocenters. The molecule has 0 amide bonds. The maximum Gasteiger partial charge on any atom is 0.214 e. The van der Waals surface area contributed by atoms with Gasteiger partial charge >= 0.3 is 0 Å². The van der Waals surface area contributed by atoms with Gasteiger partial charge in [-0.05, 0) is 50.7 Å². The van der Waals surface area contributed by atoms with Crippen molar-refractivity contribution in [2.45, 2.75) is 63.9 Å². The molecule has 21 heavy (non-hydrogen) atoms. The van der Waals surface area contributed by atoms with Gasteiger partial charge in [0.05, 0.1) is 5.52 Å². The molecule has 1 aromatic carbocycles. The summed E-state index contributed by atoms with van der Waals surface area (Å²) in [5.41, 5.74) is 1.06. The summed E-state index contributed by atoms with van der Waals surface area (Å²) >= 11 is 0. The van der Waals surface area contributed by atoms with Crippen LogP contribution in [-0.2, 0) is 0 Å². The molecule has 0 spiro atoms. The summed E-state index contributed by atoms with van der Waals surface area (Å²) in [7, 11) is 0. The molecular formula is C19H25NO. The molecule has 0 unspecified atom stereocenters. The highest BCUT2D eigenvalue weighted by molar-refractivity contribution is 5.78. The zero-order valence-electron chi connectivity index (χ0n) is 13.0. The first-order chi connectivity index (χ1) is 10.3. The third-order valence-corrected chi connectivity index (χ3v) is 4.64. The van der Waals surface area contributed by atoms with Gasteiger partial charge in [-0.25, -0.2) is 4.98 Å². The molecule has 1 aromatic heterocycles. The van der Waals surface area contributed by atoms with E-state index in [-0.39, 0.29) is 5.60 Å². The lowest BCUT2D eigenvalue weighted by Gasteiger charge is -2.37. The Kier molecular flexibility index (Phi) is 4.42. The summed E-state index contributed by atoms with van der Waals surface area (Å²) in [6.07, 6.45) is 9.93. The van der Waals surface area contributed by atoms with Crippen LogP contribution in [0.2, 0.25) is 0 Å². The summed E-state index contributed by atoms with van der Waals surface area (Å²) in [4.78, 5) is 4.70. The average molecular weight is 283 g/mol. The zero-order valence-corrected chi connectivity index (χ0v) is 13.0. The topological polar surface area (TPSA) is 22.1 Å². The predicted octanol–water partition coefficient (Wildman–Crippen LogP) is 5.51. The molecule has 0 N–H and O–H groups in total. The van der Waals surface area contributed by atoms with Crippen LogP contribution >= 0.6 is 0 Å². The number of hydrogen-bond acceptors (Lipinski definition) is 2. The average Bonchev–Trinajstić information content (AvgIpc) is 2.54. The van der Waals surface area contributed by atoms with E-state index in [0.717, 1.165) is 17.8 Å². The summed E-state index contributed by atoms with van der Waals surface area (Å²) < 4.78 is 6.44. The molecule has 0 saturated heterocycles. The Hall–Kier alpha value is -1.57. The minimum absolute atomic E-state index is 0.0315. The second kappa shape index (κ2) is 6.46. The first-order valence-electron chi connectivity index (χ1n) is 8.36. The first kappa shape index (κ1) is 14.4. The molecule has 1 aliphatic carbocycles. The van der Waals surface area contributed by atoms with Gasteiger partial charge in [-0.2, -0.15) is 0 Å². The van der Waals surface area contributed by atoms with Gasteiger partial charge in [0.1, 0.15) is 5.60 Å². The van der Waals surface area contributed by atoms with E-state index >= 15 is 0 Å². The lowest BCUT2D eigenvalue weighted by atomic mass is 9.81. The standard InChI is InChI=1S/C19H25NO/c1-2-3-13-19(14-7-4-8-15-19)21-18-12-11-16-9-5-6-10-17(16)20-18/h5-6,9-12H,2-4,7-8,13-15H2,1H3. The Bertz CT molecular complexity index is 587. The molecule has 1 heterocycles. The van der Waals surface area contributed by atoms with Gasteiger partial charge in [-0.15, -0.1) is 0 Å². The van der Waals surface area contributed by atoms with Crippen molar-refractivity contribution in [3.05, 3.63) is 36.4 Å². The summed E-state index contributed by atoms with van der Waals surface area (Å²) in [5.74, 6) is 0.798. The number of pyridine rings is 1. The van der Waals surface area contributed by atoms with Crippen LogP contribution < -0.4 is 4.74 Å². The Morgan fingerprint density at radius 1 is 1.05 bits per heavy atom. The van der Waals surface area contributed by atoms with E-state index < -0.39 is 0 Å². The number of benzene rings is 1. The van der Waals surface area contributed by atoms with E-state index in [1.165, 1.54) is 50.3 Å². The molecule has 0 aliphatic heterocycles. The molecule has 0 bridgehead atoms. The molecular weight excluding hydrogens is 258 g/mol. The third-order valence-electron chi connectivity index (χ3n) is 4.64. The molecule has 1 fully saturated rings. The monoisotopic (exact) mass is 283 g/mol. The Morgan fingerprint density at radius 2 is 1.86 bits per heavy atom. The summed E-state index contributed by atoms with van der Waals surface area (Å²) in [5, 5.41) is 1.18. The van der Waals surface area contributed by atoms with Crippen molar-refractivity contribution in [2.75, 3.05) is 0 Å². The Labute approximate surface area is 127 Å². The van der Waals surface area contributed by atoms with Crippen LogP contribution in [0.25, 0.3) is 10.9 Å². The predicted molar refractivity (Wildman–Crippen MR) is 87.7 cm³/mol. The normalized spacial score (nSPS) is 17.8. The van der Waals surface area contributed by atoms with Gasteiger partial charge < -0.3 is 4.74 Å². The number of aromatic nitrogens is 1. The molecule has 0 radical (unpaired) electrons. The number of nitrogens with zero attached hydrogens (tertiary/aromatic N) is 1. The number of hydrogen-bond donors (Lipinski definition) is 0. The highest BCUT2D eigenvalue weighted by Crippen LogP contribution is 2.36. The second-order valence-electron chi connectivity index (χ2n) is 6.29. The van der Waals surface area contributed by atoms with Gasteiger partial charge in [-0.3, -0.25) is 0 Å². The van der Waals surface area contributed by atoms with Crippen molar-refractivity contribution < 1.29 is 4.74 Å². The highest BCUT2D eigenvalue weighted by atomic mass is 16.5. The summed E-state index contributed by atoms with van der Waals surface area (Å²) in [6.45, 7) is 2.25. The van der Waals surface area contributed by atoms with Gasteiger partial charge in [-0.1, -0.05) is 38.0 Å². The van der Waals surface area contributed by atoms with Gasteiger partial charge in [0.2, 0.25) is 5.88 Å². The fraction of sp³-hybridized carbons (Fsp3) is 0.526. The molecule has 1 saturated carbocycles. The van der Waals surface area contributed by atoms with Crippen molar-refractivity contribution >= 4 is 10.9 Å². The van der Waals surface area contributed by atoms with Crippen LogP contribution in [0.1, 0.15) is 58.3 Å². The number of rotatable bonds is 5. The Morgan fingerprint density at radius 3 is 2.67 bits per heavy atom. The molecule has 2 nitrogen and oxygen atoms in total. The van der Waals surface area contributed by atoms with Crippen LogP contribution in [0.5, 0.6) is 5.88 Å². The number of para-hydroxylation sites is 1. The molecule has 2 heteroatoms. The van der Waals surface area contributed by atoms with Gasteiger partial charge in [0.25, 0.3) is 0 Å². The zero-order chi connectivity index (χ0) is 14.5. The first-order valence-corrected chi connectivity index (χ1v) is 8.36. The van der Waals surface area contributed by atoms with E-state index in [2.05, 4.69) is 31.2 Å². The van der Waals surface area contributed by atoms with E-state index in [9.17, 15) is 0 Å². The smallest absolute Gasteiger partial charge is 0.214 e. The van der Waals surface area contributed by atoms with Crippen molar-refractivity contribution in [1.29, 1.82) is 0 Å². The lowest BCUT2D eigenvalue weighted by molar-refractivity contribution is 0.0162. The van der Waals surface area contributed by atoms with Crippen molar-refractivity contribution in [2.24, 2.45) is 0 Å². The maximum atomic E-state index is 6.44. The number of fused-ring (bicyclic) bond motifs is 1. The third kappa shape index (κ3) is 3.37. The van der Waals surface area contributed by atoms with Crippen LogP contribution in [0.4, 0.5) is 0 Å². The van der Waals surface area contributed by atoms with Crippen LogP contribution in [0, 0.1) is 0 Å². The number of unbranched alkanes of at least 4 members (excludes halogenated alkanes) is 1. The highest BCUT2D eigenvalue weighted by Gasteiger charge is 2.33. The maximum absolute atomic E-state index is 6.44. The SMILES string of the molecule is CCCCC1(Oc2ccc3ccccc3n2)CCCCC1. The Balaban J connectivity index is 1.82.